The third-order valence-corrected chi connectivity index (χ3v) is 4.57. The fraction of sp³-hybridized carbons (Fsp3) is 0.429. The molecule has 1 aromatic carbocycles. The van der Waals surface area contributed by atoms with Crippen molar-refractivity contribution in [2.45, 2.75) is 33.4 Å². The van der Waals surface area contributed by atoms with E-state index < -0.39 is 0 Å². The highest BCUT2D eigenvalue weighted by atomic mass is 79.9. The molecular weight excluding hydrogens is 312 g/mol. The van der Waals surface area contributed by atoms with E-state index in [-0.39, 0.29) is 0 Å². The standard InChI is InChI=1S/C14H18BrClN2/c1-8(2)17-7-12-13(15)10-5-6-11(16)9(3)14(10)18(12)4/h5-6,8,17H,7H2,1-4H3. The van der Waals surface area contributed by atoms with Crippen LogP contribution >= 0.6 is 27.5 Å². The molecule has 1 N–H and O–H groups in total. The van der Waals surface area contributed by atoms with Crippen LogP contribution in [0.3, 0.4) is 0 Å². The fourth-order valence-corrected chi connectivity index (χ4v) is 3.10. The number of hydrogen-bond donors (Lipinski definition) is 1. The number of nitrogens with zero attached hydrogens (tertiary/aromatic N) is 1. The molecular formula is C14H18BrClN2. The van der Waals surface area contributed by atoms with Crippen molar-refractivity contribution in [3.8, 4) is 0 Å². The van der Waals surface area contributed by atoms with Crippen molar-refractivity contribution in [1.82, 2.24) is 9.88 Å². The molecule has 0 aliphatic carbocycles. The highest BCUT2D eigenvalue weighted by Crippen LogP contribution is 2.34. The molecule has 0 spiro atoms. The molecule has 2 aromatic rings. The van der Waals surface area contributed by atoms with Gasteiger partial charge in [0.25, 0.3) is 0 Å². The molecule has 0 unspecified atom stereocenters. The van der Waals surface area contributed by atoms with Crippen LogP contribution in [0.5, 0.6) is 0 Å². The van der Waals surface area contributed by atoms with Crippen LogP contribution in [-0.2, 0) is 13.6 Å². The molecule has 0 aliphatic heterocycles. The molecule has 0 amide bonds. The van der Waals surface area contributed by atoms with Crippen LogP contribution in [0.15, 0.2) is 16.6 Å². The number of aromatic nitrogens is 1. The Morgan fingerprint density at radius 2 is 2.06 bits per heavy atom. The number of halogens is 2. The summed E-state index contributed by atoms with van der Waals surface area (Å²) in [7, 11) is 2.09. The topological polar surface area (TPSA) is 17.0 Å². The predicted octanol–water partition coefficient (Wildman–Crippen LogP) is 4.40. The van der Waals surface area contributed by atoms with E-state index in [1.54, 1.807) is 0 Å². The van der Waals surface area contributed by atoms with Crippen LogP contribution in [0.25, 0.3) is 10.9 Å². The smallest absolute Gasteiger partial charge is 0.0536 e. The molecule has 1 aromatic heterocycles. The number of aryl methyl sites for hydroxylation is 2. The maximum Gasteiger partial charge on any atom is 0.0536 e. The molecule has 2 nitrogen and oxygen atoms in total. The Morgan fingerprint density at radius 3 is 2.67 bits per heavy atom. The normalized spacial score (nSPS) is 11.7. The van der Waals surface area contributed by atoms with E-state index in [2.05, 4.69) is 59.7 Å². The van der Waals surface area contributed by atoms with Crippen molar-refractivity contribution in [3.63, 3.8) is 0 Å². The summed E-state index contributed by atoms with van der Waals surface area (Å²) in [6, 6.07) is 4.51. The van der Waals surface area contributed by atoms with Crippen molar-refractivity contribution < 1.29 is 0 Å². The van der Waals surface area contributed by atoms with Crippen LogP contribution in [0, 0.1) is 6.92 Å². The summed E-state index contributed by atoms with van der Waals surface area (Å²) in [6.45, 7) is 7.22. The Hall–Kier alpha value is -0.510. The third-order valence-electron chi connectivity index (χ3n) is 3.27. The number of rotatable bonds is 3. The largest absolute Gasteiger partial charge is 0.345 e. The van der Waals surface area contributed by atoms with Gasteiger partial charge in [-0.15, -0.1) is 0 Å². The van der Waals surface area contributed by atoms with Gasteiger partial charge in [0.15, 0.2) is 0 Å². The zero-order valence-corrected chi connectivity index (χ0v) is 13.5. The molecule has 0 aliphatic rings. The second-order valence-corrected chi connectivity index (χ2v) is 6.12. The van der Waals surface area contributed by atoms with Crippen LogP contribution in [0.4, 0.5) is 0 Å². The van der Waals surface area contributed by atoms with Gasteiger partial charge in [-0.1, -0.05) is 31.5 Å². The lowest BCUT2D eigenvalue weighted by molar-refractivity contribution is 0.571. The Bertz CT molecular complexity index is 587. The van der Waals surface area contributed by atoms with Crippen molar-refractivity contribution in [2.24, 2.45) is 7.05 Å². The second-order valence-electron chi connectivity index (χ2n) is 4.92. The van der Waals surface area contributed by atoms with Crippen LogP contribution in [0.2, 0.25) is 5.02 Å². The van der Waals surface area contributed by atoms with Gasteiger partial charge in [0.2, 0.25) is 0 Å². The van der Waals surface area contributed by atoms with Gasteiger partial charge in [0.05, 0.1) is 5.52 Å². The van der Waals surface area contributed by atoms with Crippen LogP contribution in [-0.4, -0.2) is 10.6 Å². The SMILES string of the molecule is Cc1c(Cl)ccc2c(Br)c(CNC(C)C)n(C)c12. The predicted molar refractivity (Wildman–Crippen MR) is 82.3 cm³/mol. The highest BCUT2D eigenvalue weighted by Gasteiger charge is 2.15. The molecule has 4 heteroatoms. The molecule has 98 valence electrons. The molecule has 18 heavy (non-hydrogen) atoms. The van der Waals surface area contributed by atoms with Crippen molar-refractivity contribution >= 4 is 38.4 Å². The Morgan fingerprint density at radius 1 is 1.39 bits per heavy atom. The molecule has 0 fully saturated rings. The minimum Gasteiger partial charge on any atom is -0.345 e. The van der Waals surface area contributed by atoms with E-state index in [9.17, 15) is 0 Å². The second kappa shape index (κ2) is 5.24. The molecule has 1 heterocycles. The van der Waals surface area contributed by atoms with E-state index in [1.807, 2.05) is 6.07 Å². The minimum atomic E-state index is 0.472. The average molecular weight is 330 g/mol. The molecule has 0 saturated heterocycles. The summed E-state index contributed by atoms with van der Waals surface area (Å²) in [5.74, 6) is 0. The van der Waals surface area contributed by atoms with Gasteiger partial charge in [0.1, 0.15) is 0 Å². The quantitative estimate of drug-likeness (QED) is 0.883. The van der Waals surface area contributed by atoms with Gasteiger partial charge in [0, 0.05) is 40.2 Å². The van der Waals surface area contributed by atoms with Crippen LogP contribution in [0.1, 0.15) is 25.1 Å². The first-order valence-electron chi connectivity index (χ1n) is 6.08. The molecule has 2 rings (SSSR count). The maximum atomic E-state index is 6.20. The lowest BCUT2D eigenvalue weighted by Gasteiger charge is -2.10. The zero-order chi connectivity index (χ0) is 13.4. The summed E-state index contributed by atoms with van der Waals surface area (Å²) in [5.41, 5.74) is 3.59. The van der Waals surface area contributed by atoms with E-state index in [0.29, 0.717) is 6.04 Å². The van der Waals surface area contributed by atoms with Crippen molar-refractivity contribution in [1.29, 1.82) is 0 Å². The van der Waals surface area contributed by atoms with Crippen LogP contribution < -0.4 is 5.32 Å². The Kier molecular flexibility index (Phi) is 4.05. The minimum absolute atomic E-state index is 0.472. The summed E-state index contributed by atoms with van der Waals surface area (Å²) < 4.78 is 3.38. The first-order chi connectivity index (χ1) is 8.43. The lowest BCUT2D eigenvalue weighted by atomic mass is 10.1. The van der Waals surface area contributed by atoms with Gasteiger partial charge in [-0.25, -0.2) is 0 Å². The van der Waals surface area contributed by atoms with E-state index in [4.69, 9.17) is 11.6 Å². The first-order valence-corrected chi connectivity index (χ1v) is 7.25. The molecule has 0 bridgehead atoms. The zero-order valence-electron chi connectivity index (χ0n) is 11.1. The summed E-state index contributed by atoms with van der Waals surface area (Å²) >= 11 is 9.91. The Balaban J connectivity index is 2.59. The average Bonchev–Trinajstić information content (AvgIpc) is 2.54. The fourth-order valence-electron chi connectivity index (χ4n) is 2.22. The van der Waals surface area contributed by atoms with E-state index >= 15 is 0 Å². The summed E-state index contributed by atoms with van der Waals surface area (Å²) in [6.07, 6.45) is 0. The van der Waals surface area contributed by atoms with Gasteiger partial charge in [-0.3, -0.25) is 0 Å². The first kappa shape index (κ1) is 13.9. The molecule has 0 saturated carbocycles. The molecule has 0 radical (unpaired) electrons. The number of nitrogens with one attached hydrogen (secondary N) is 1. The van der Waals surface area contributed by atoms with E-state index in [0.717, 1.165) is 21.6 Å². The number of benzene rings is 1. The molecule has 0 atom stereocenters. The van der Waals surface area contributed by atoms with Gasteiger partial charge in [-0.05, 0) is 34.5 Å². The third kappa shape index (κ3) is 2.31. The van der Waals surface area contributed by atoms with Crippen molar-refractivity contribution in [3.05, 3.63) is 32.9 Å². The monoisotopic (exact) mass is 328 g/mol. The van der Waals surface area contributed by atoms with Gasteiger partial charge in [-0.2, -0.15) is 0 Å². The van der Waals surface area contributed by atoms with Crippen molar-refractivity contribution in [2.75, 3.05) is 0 Å². The summed E-state index contributed by atoms with van der Waals surface area (Å²) in [5, 5.41) is 5.50. The van der Waals surface area contributed by atoms with Gasteiger partial charge < -0.3 is 9.88 Å². The number of hydrogen-bond acceptors (Lipinski definition) is 1. The van der Waals surface area contributed by atoms with E-state index in [1.165, 1.54) is 16.6 Å². The lowest BCUT2D eigenvalue weighted by Crippen LogP contribution is -2.23. The highest BCUT2D eigenvalue weighted by molar-refractivity contribution is 9.10. The summed E-state index contributed by atoms with van der Waals surface area (Å²) in [4.78, 5) is 0. The Labute approximate surface area is 121 Å². The number of fused-ring (bicyclic) bond motifs is 1. The maximum absolute atomic E-state index is 6.20. The van der Waals surface area contributed by atoms with Gasteiger partial charge >= 0.3 is 0 Å².